The van der Waals surface area contributed by atoms with Crippen LogP contribution >= 0.6 is 0 Å². The largest absolute Gasteiger partial charge is 0.197 e. The van der Waals surface area contributed by atoms with Crippen LogP contribution in [0.15, 0.2) is 76.9 Å². The van der Waals surface area contributed by atoms with Crippen molar-refractivity contribution in [1.82, 2.24) is 0 Å². The Hall–Kier alpha value is -2.84. The van der Waals surface area contributed by atoms with E-state index in [0.29, 0.717) is 11.5 Å². The summed E-state index contributed by atoms with van der Waals surface area (Å²) < 4.78 is 0. The molecule has 3 aliphatic carbocycles. The van der Waals surface area contributed by atoms with Crippen molar-refractivity contribution in [2.45, 2.75) is 19.3 Å². The first-order chi connectivity index (χ1) is 11.2. The first-order valence-electron chi connectivity index (χ1n) is 7.93. The van der Waals surface area contributed by atoms with E-state index in [9.17, 15) is 10.5 Å². The van der Waals surface area contributed by atoms with Crippen LogP contribution in [-0.4, -0.2) is 0 Å². The van der Waals surface area contributed by atoms with Gasteiger partial charge in [0.15, 0.2) is 0 Å². The van der Waals surface area contributed by atoms with Crippen LogP contribution in [0.1, 0.15) is 24.8 Å². The molecular weight excluding hydrogens is 280 g/mol. The van der Waals surface area contributed by atoms with Gasteiger partial charge in [0.1, 0.15) is 5.41 Å². The van der Waals surface area contributed by atoms with Crippen LogP contribution in [0.4, 0.5) is 0 Å². The van der Waals surface area contributed by atoms with Crippen LogP contribution in [0.25, 0.3) is 0 Å². The van der Waals surface area contributed by atoms with Gasteiger partial charge in [0, 0.05) is 5.92 Å². The third-order valence-electron chi connectivity index (χ3n) is 5.39. The van der Waals surface area contributed by atoms with Gasteiger partial charge in [-0.1, -0.05) is 61.1 Å². The highest BCUT2D eigenvalue weighted by molar-refractivity contribution is 5.69. The lowest BCUT2D eigenvalue weighted by Gasteiger charge is -2.33. The predicted octanol–water partition coefficient (Wildman–Crippen LogP) is 4.58. The molecule has 0 radical (unpaired) electrons. The van der Waals surface area contributed by atoms with Gasteiger partial charge in [-0.15, -0.1) is 0 Å². The van der Waals surface area contributed by atoms with Crippen molar-refractivity contribution in [2.75, 3.05) is 0 Å². The summed E-state index contributed by atoms with van der Waals surface area (Å²) in [5.74, 6) is 0.439. The molecule has 0 spiro atoms. The van der Waals surface area contributed by atoms with Crippen molar-refractivity contribution in [3.63, 3.8) is 0 Å². The van der Waals surface area contributed by atoms with Gasteiger partial charge in [0.2, 0.25) is 0 Å². The van der Waals surface area contributed by atoms with Crippen molar-refractivity contribution >= 4 is 0 Å². The number of nitriles is 2. The zero-order chi connectivity index (χ0) is 16.0. The zero-order valence-corrected chi connectivity index (χ0v) is 13.0. The Morgan fingerprint density at radius 1 is 1.13 bits per heavy atom. The van der Waals surface area contributed by atoms with Crippen molar-refractivity contribution < 1.29 is 0 Å². The van der Waals surface area contributed by atoms with E-state index in [4.69, 9.17) is 0 Å². The van der Waals surface area contributed by atoms with Gasteiger partial charge < -0.3 is 0 Å². The molecule has 0 saturated heterocycles. The second kappa shape index (κ2) is 4.83. The number of nitrogens with zero attached hydrogens (tertiary/aromatic N) is 2. The maximum Gasteiger partial charge on any atom is 0.108 e. The minimum Gasteiger partial charge on any atom is -0.197 e. The maximum absolute atomic E-state index is 10.1. The van der Waals surface area contributed by atoms with E-state index in [2.05, 4.69) is 37.3 Å². The summed E-state index contributed by atoms with van der Waals surface area (Å²) in [6.07, 6.45) is 8.86. The molecule has 0 aliphatic heterocycles. The predicted molar refractivity (Wildman–Crippen MR) is 89.0 cm³/mol. The summed E-state index contributed by atoms with van der Waals surface area (Å²) in [7, 11) is 0. The van der Waals surface area contributed by atoms with Crippen molar-refractivity contribution in [3.8, 4) is 12.1 Å². The highest BCUT2D eigenvalue weighted by Crippen LogP contribution is 2.60. The average molecular weight is 296 g/mol. The Balaban J connectivity index is 1.96. The lowest BCUT2D eigenvalue weighted by molar-refractivity contribution is 0.503. The first kappa shape index (κ1) is 13.8. The molecule has 3 atom stereocenters. The van der Waals surface area contributed by atoms with Gasteiger partial charge in [-0.2, -0.15) is 10.5 Å². The lowest BCUT2D eigenvalue weighted by atomic mass is 9.66. The number of hydrogen-bond acceptors (Lipinski definition) is 2. The van der Waals surface area contributed by atoms with E-state index >= 15 is 0 Å². The van der Waals surface area contributed by atoms with Crippen LogP contribution in [-0.2, 0) is 0 Å². The van der Waals surface area contributed by atoms with E-state index in [1.807, 2.05) is 36.4 Å². The zero-order valence-electron chi connectivity index (χ0n) is 13.0. The molecule has 0 aromatic heterocycles. The van der Waals surface area contributed by atoms with E-state index in [1.165, 1.54) is 11.1 Å². The van der Waals surface area contributed by atoms with Crippen molar-refractivity contribution in [2.24, 2.45) is 11.3 Å². The highest BCUT2D eigenvalue weighted by atomic mass is 14.5. The molecule has 0 heterocycles. The standard InChI is InChI=1S/C21H16N2/c1-14-7-8-17-16(12-22)9-10-21(13-23)19(11-18(14)20(17)21)15-5-3-2-4-6-15/h2-10,14,19H,11H2,1H3. The monoisotopic (exact) mass is 296 g/mol. The van der Waals surface area contributed by atoms with Crippen LogP contribution in [0.2, 0.25) is 0 Å². The van der Waals surface area contributed by atoms with Crippen LogP contribution < -0.4 is 0 Å². The normalized spacial score (nSPS) is 30.9. The summed E-state index contributed by atoms with van der Waals surface area (Å²) in [6, 6.07) is 15.2. The molecule has 4 rings (SSSR count). The minimum absolute atomic E-state index is 0.118. The van der Waals surface area contributed by atoms with Crippen LogP contribution in [0, 0.1) is 34.0 Å². The fraction of sp³-hybridized carbons (Fsp3) is 0.238. The molecule has 0 saturated carbocycles. The summed E-state index contributed by atoms with van der Waals surface area (Å²) in [4.78, 5) is 0. The van der Waals surface area contributed by atoms with E-state index < -0.39 is 5.41 Å². The van der Waals surface area contributed by atoms with E-state index in [1.54, 1.807) is 0 Å². The molecule has 110 valence electrons. The Labute approximate surface area is 136 Å². The maximum atomic E-state index is 10.1. The minimum atomic E-state index is -0.647. The third kappa shape index (κ3) is 1.73. The van der Waals surface area contributed by atoms with Gasteiger partial charge in [0.05, 0.1) is 17.7 Å². The second-order valence-corrected chi connectivity index (χ2v) is 6.47. The number of benzene rings is 1. The molecular formula is C21H16N2. The third-order valence-corrected chi connectivity index (χ3v) is 5.39. The van der Waals surface area contributed by atoms with Gasteiger partial charge in [0.25, 0.3) is 0 Å². The van der Waals surface area contributed by atoms with Crippen molar-refractivity contribution in [3.05, 3.63) is 82.5 Å². The molecule has 0 amide bonds. The molecule has 0 bridgehead atoms. The number of allylic oxidation sites excluding steroid dienone is 8. The molecule has 0 fully saturated rings. The molecule has 3 aliphatic rings. The first-order valence-corrected chi connectivity index (χ1v) is 7.93. The molecule has 0 N–H and O–H groups in total. The average Bonchev–Trinajstić information content (AvgIpc) is 2.96. The Bertz CT molecular complexity index is 884. The lowest BCUT2D eigenvalue weighted by Crippen LogP contribution is -2.27. The van der Waals surface area contributed by atoms with Crippen LogP contribution in [0.3, 0.4) is 0 Å². The molecule has 1 aromatic carbocycles. The topological polar surface area (TPSA) is 47.6 Å². The number of rotatable bonds is 1. The van der Waals surface area contributed by atoms with E-state index in [-0.39, 0.29) is 5.92 Å². The summed E-state index contributed by atoms with van der Waals surface area (Å²) >= 11 is 0. The van der Waals surface area contributed by atoms with E-state index in [0.717, 1.165) is 17.6 Å². The molecule has 3 unspecified atom stereocenters. The molecule has 23 heavy (non-hydrogen) atoms. The quantitative estimate of drug-likeness (QED) is 0.761. The van der Waals surface area contributed by atoms with Gasteiger partial charge >= 0.3 is 0 Å². The fourth-order valence-electron chi connectivity index (χ4n) is 4.24. The molecule has 1 aromatic rings. The van der Waals surface area contributed by atoms with Gasteiger partial charge in [-0.3, -0.25) is 0 Å². The number of hydrogen-bond donors (Lipinski definition) is 0. The van der Waals surface area contributed by atoms with Crippen LogP contribution in [0.5, 0.6) is 0 Å². The highest BCUT2D eigenvalue weighted by Gasteiger charge is 2.51. The molecule has 2 heteroatoms. The molecule has 2 nitrogen and oxygen atoms in total. The SMILES string of the molecule is CC1C=CC2=C(C#N)C=CC3(C#N)C2=C1CC3c1ccccc1. The fourth-order valence-corrected chi connectivity index (χ4v) is 4.24. The Kier molecular flexibility index (Phi) is 2.90. The van der Waals surface area contributed by atoms with Gasteiger partial charge in [-0.25, -0.2) is 0 Å². The Morgan fingerprint density at radius 2 is 1.91 bits per heavy atom. The summed E-state index contributed by atoms with van der Waals surface area (Å²) in [5.41, 5.74) is 4.56. The smallest absolute Gasteiger partial charge is 0.108 e. The Morgan fingerprint density at radius 3 is 2.61 bits per heavy atom. The summed E-state index contributed by atoms with van der Waals surface area (Å²) in [6.45, 7) is 2.18. The summed E-state index contributed by atoms with van der Waals surface area (Å²) in [5, 5.41) is 19.5. The van der Waals surface area contributed by atoms with Gasteiger partial charge in [-0.05, 0) is 35.1 Å². The van der Waals surface area contributed by atoms with Crippen molar-refractivity contribution in [1.29, 1.82) is 10.5 Å². The second-order valence-electron chi connectivity index (χ2n) is 6.47.